The average Bonchev–Trinajstić information content (AvgIpc) is 2.72. The maximum atomic E-state index is 12.6. The number of likely N-dealkylation sites (N-methyl/N-ethyl adjacent to an activating group) is 1. The Hall–Kier alpha value is -1.40. The molecule has 0 bridgehead atoms. The molecule has 0 spiro atoms. The molecule has 2 aliphatic heterocycles. The topological polar surface area (TPSA) is 53.4 Å². The van der Waals surface area contributed by atoms with Crippen molar-refractivity contribution in [1.29, 1.82) is 0 Å². The fourth-order valence-electron chi connectivity index (χ4n) is 4.23. The Bertz CT molecular complexity index is 597. The Balaban J connectivity index is 1.57. The standard InChI is InChI=1S/C20H35N5O/c1-16(2)14-24-10-7-11-25-18(15-24)12-17(22-25)13-21-20(26)19-8-5-4-6-9-23(19)3/h12,16,19H,4-11,13-15H2,1-3H3,(H,21,26)/t19-/m0/s1. The van der Waals surface area contributed by atoms with Gasteiger partial charge in [0.1, 0.15) is 0 Å². The Morgan fingerprint density at radius 1 is 1.23 bits per heavy atom. The van der Waals surface area contributed by atoms with Crippen LogP contribution in [0.4, 0.5) is 0 Å². The Labute approximate surface area is 157 Å². The normalized spacial score (nSPS) is 22.7. The first-order chi connectivity index (χ1) is 12.5. The molecule has 0 saturated carbocycles. The van der Waals surface area contributed by atoms with Crippen molar-refractivity contribution in [2.45, 2.75) is 71.6 Å². The largest absolute Gasteiger partial charge is 0.349 e. The summed E-state index contributed by atoms with van der Waals surface area (Å²) in [6, 6.07) is 2.19. The van der Waals surface area contributed by atoms with Gasteiger partial charge in [0.2, 0.25) is 5.91 Å². The third-order valence-electron chi connectivity index (χ3n) is 5.53. The predicted molar refractivity (Wildman–Crippen MR) is 104 cm³/mol. The molecule has 6 heteroatoms. The number of hydrogen-bond acceptors (Lipinski definition) is 4. The maximum Gasteiger partial charge on any atom is 0.237 e. The quantitative estimate of drug-likeness (QED) is 0.874. The van der Waals surface area contributed by atoms with Gasteiger partial charge in [-0.3, -0.25) is 19.3 Å². The maximum absolute atomic E-state index is 12.6. The zero-order valence-electron chi connectivity index (χ0n) is 16.7. The van der Waals surface area contributed by atoms with Crippen molar-refractivity contribution in [3.05, 3.63) is 17.5 Å². The number of hydrogen-bond donors (Lipinski definition) is 1. The van der Waals surface area contributed by atoms with Gasteiger partial charge in [-0.2, -0.15) is 5.10 Å². The zero-order valence-corrected chi connectivity index (χ0v) is 16.7. The summed E-state index contributed by atoms with van der Waals surface area (Å²) >= 11 is 0. The van der Waals surface area contributed by atoms with Gasteiger partial charge in [0.05, 0.1) is 24.0 Å². The van der Waals surface area contributed by atoms with E-state index in [1.54, 1.807) is 0 Å². The number of carbonyl (C=O) groups excluding carboxylic acids is 1. The molecule has 1 atom stereocenters. The Morgan fingerprint density at radius 2 is 2.08 bits per heavy atom. The minimum absolute atomic E-state index is 0.0134. The fourth-order valence-corrected chi connectivity index (χ4v) is 4.23. The minimum Gasteiger partial charge on any atom is -0.349 e. The lowest BCUT2D eigenvalue weighted by atomic mass is 10.1. The van der Waals surface area contributed by atoms with Crippen LogP contribution in [-0.2, 0) is 24.4 Å². The number of aryl methyl sites for hydroxylation is 1. The molecule has 3 rings (SSSR count). The number of nitrogens with one attached hydrogen (secondary N) is 1. The lowest BCUT2D eigenvalue weighted by molar-refractivity contribution is -0.126. The molecule has 0 radical (unpaired) electrons. The van der Waals surface area contributed by atoms with Crippen LogP contribution in [0, 0.1) is 5.92 Å². The Morgan fingerprint density at radius 3 is 2.88 bits per heavy atom. The lowest BCUT2D eigenvalue weighted by Crippen LogP contribution is -2.44. The summed E-state index contributed by atoms with van der Waals surface area (Å²) in [7, 11) is 2.07. The van der Waals surface area contributed by atoms with E-state index in [4.69, 9.17) is 5.10 Å². The van der Waals surface area contributed by atoms with E-state index in [0.29, 0.717) is 12.5 Å². The summed E-state index contributed by atoms with van der Waals surface area (Å²) in [5.41, 5.74) is 2.26. The van der Waals surface area contributed by atoms with E-state index in [-0.39, 0.29) is 11.9 Å². The van der Waals surface area contributed by atoms with Crippen LogP contribution in [0.25, 0.3) is 0 Å². The smallest absolute Gasteiger partial charge is 0.237 e. The molecule has 3 heterocycles. The number of aromatic nitrogens is 2. The molecular weight excluding hydrogens is 326 g/mol. The van der Waals surface area contributed by atoms with Gasteiger partial charge in [-0.1, -0.05) is 26.7 Å². The van der Waals surface area contributed by atoms with Gasteiger partial charge in [0.25, 0.3) is 0 Å². The molecular formula is C20H35N5O. The molecule has 6 nitrogen and oxygen atoms in total. The third kappa shape index (κ3) is 5.07. The van der Waals surface area contributed by atoms with Gasteiger partial charge in [0.15, 0.2) is 0 Å². The monoisotopic (exact) mass is 361 g/mol. The molecule has 2 aliphatic rings. The van der Waals surface area contributed by atoms with Crippen LogP contribution in [0.5, 0.6) is 0 Å². The molecule has 1 saturated heterocycles. The first kappa shape index (κ1) is 19.4. The first-order valence-corrected chi connectivity index (χ1v) is 10.3. The number of nitrogens with zero attached hydrogens (tertiary/aromatic N) is 4. The second kappa shape index (κ2) is 9.00. The van der Waals surface area contributed by atoms with Gasteiger partial charge in [-0.05, 0) is 44.8 Å². The molecule has 146 valence electrons. The number of carbonyl (C=O) groups is 1. The number of fused-ring (bicyclic) bond motifs is 1. The van der Waals surface area contributed by atoms with Crippen molar-refractivity contribution in [2.24, 2.45) is 5.92 Å². The van der Waals surface area contributed by atoms with Crippen molar-refractivity contribution < 1.29 is 4.79 Å². The van der Waals surface area contributed by atoms with Crippen LogP contribution >= 0.6 is 0 Å². The summed E-state index contributed by atoms with van der Waals surface area (Å²) in [5.74, 6) is 0.832. The molecule has 1 N–H and O–H groups in total. The van der Waals surface area contributed by atoms with E-state index >= 15 is 0 Å². The number of amides is 1. The molecule has 1 aromatic heterocycles. The van der Waals surface area contributed by atoms with Gasteiger partial charge in [-0.25, -0.2) is 0 Å². The molecule has 0 aliphatic carbocycles. The average molecular weight is 362 g/mol. The SMILES string of the molecule is CC(C)CN1CCCn2nc(CNC(=O)[C@@H]3CCCCCN3C)cc2C1. The van der Waals surface area contributed by atoms with Crippen LogP contribution in [0.2, 0.25) is 0 Å². The summed E-state index contributed by atoms with van der Waals surface area (Å²) < 4.78 is 2.14. The van der Waals surface area contributed by atoms with Crippen molar-refractivity contribution >= 4 is 5.91 Å². The zero-order chi connectivity index (χ0) is 18.5. The summed E-state index contributed by atoms with van der Waals surface area (Å²) in [6.07, 6.45) is 5.68. The van der Waals surface area contributed by atoms with E-state index in [2.05, 4.69) is 46.8 Å². The van der Waals surface area contributed by atoms with Gasteiger partial charge in [-0.15, -0.1) is 0 Å². The highest BCUT2D eigenvalue weighted by molar-refractivity contribution is 5.81. The van der Waals surface area contributed by atoms with Crippen molar-refractivity contribution in [2.75, 3.05) is 26.7 Å². The van der Waals surface area contributed by atoms with Crippen molar-refractivity contribution in [1.82, 2.24) is 24.9 Å². The van der Waals surface area contributed by atoms with Crippen molar-refractivity contribution in [3.8, 4) is 0 Å². The van der Waals surface area contributed by atoms with Gasteiger partial charge >= 0.3 is 0 Å². The molecule has 26 heavy (non-hydrogen) atoms. The van der Waals surface area contributed by atoms with Gasteiger partial charge < -0.3 is 5.32 Å². The molecule has 0 unspecified atom stereocenters. The van der Waals surface area contributed by atoms with Crippen LogP contribution < -0.4 is 5.32 Å². The third-order valence-corrected chi connectivity index (χ3v) is 5.53. The number of likely N-dealkylation sites (tertiary alicyclic amines) is 1. The van der Waals surface area contributed by atoms with Crippen LogP contribution in [-0.4, -0.2) is 58.2 Å². The second-order valence-corrected chi connectivity index (χ2v) is 8.40. The van der Waals surface area contributed by atoms with Crippen LogP contribution in [0.3, 0.4) is 0 Å². The highest BCUT2D eigenvalue weighted by Crippen LogP contribution is 2.17. The number of rotatable bonds is 5. The highest BCUT2D eigenvalue weighted by Gasteiger charge is 2.25. The van der Waals surface area contributed by atoms with Crippen LogP contribution in [0.1, 0.15) is 57.3 Å². The van der Waals surface area contributed by atoms with E-state index in [9.17, 15) is 4.79 Å². The predicted octanol–water partition coefficient (Wildman–Crippen LogP) is 2.24. The summed E-state index contributed by atoms with van der Waals surface area (Å²) in [4.78, 5) is 17.3. The van der Waals surface area contributed by atoms with E-state index in [1.807, 2.05) is 0 Å². The van der Waals surface area contributed by atoms with E-state index in [0.717, 1.165) is 57.7 Å². The van der Waals surface area contributed by atoms with E-state index < -0.39 is 0 Å². The highest BCUT2D eigenvalue weighted by atomic mass is 16.2. The molecule has 1 amide bonds. The Kier molecular flexibility index (Phi) is 6.70. The van der Waals surface area contributed by atoms with Gasteiger partial charge in [0, 0.05) is 26.2 Å². The first-order valence-electron chi connectivity index (χ1n) is 10.3. The summed E-state index contributed by atoms with van der Waals surface area (Å²) in [6.45, 7) is 10.3. The van der Waals surface area contributed by atoms with E-state index in [1.165, 1.54) is 18.5 Å². The summed E-state index contributed by atoms with van der Waals surface area (Å²) in [5, 5.41) is 7.87. The van der Waals surface area contributed by atoms with Crippen LogP contribution in [0.15, 0.2) is 6.07 Å². The molecule has 0 aromatic carbocycles. The molecule has 1 aromatic rings. The fraction of sp³-hybridized carbons (Fsp3) is 0.800. The lowest BCUT2D eigenvalue weighted by Gasteiger charge is -2.24. The minimum atomic E-state index is 0.0134. The molecule has 1 fully saturated rings. The second-order valence-electron chi connectivity index (χ2n) is 8.40. The van der Waals surface area contributed by atoms with Crippen molar-refractivity contribution in [3.63, 3.8) is 0 Å².